The fourth-order valence-electron chi connectivity index (χ4n) is 3.51. The predicted octanol–water partition coefficient (Wildman–Crippen LogP) is 4.21. The molecule has 0 radical (unpaired) electrons. The van der Waals surface area contributed by atoms with Gasteiger partial charge in [0, 0.05) is 18.8 Å². The van der Waals surface area contributed by atoms with E-state index >= 15 is 0 Å². The molecule has 0 spiro atoms. The molecule has 0 fully saturated rings. The van der Waals surface area contributed by atoms with E-state index in [4.69, 9.17) is 10.5 Å². The number of carbonyl (C=O) groups excluding carboxylic acids is 1. The molecule has 10 heteroatoms. The molecule has 34 heavy (non-hydrogen) atoms. The predicted molar refractivity (Wildman–Crippen MR) is 116 cm³/mol. The van der Waals surface area contributed by atoms with Gasteiger partial charge < -0.3 is 15.8 Å². The highest BCUT2D eigenvalue weighted by molar-refractivity contribution is 5.95. The number of ether oxygens (including phenoxy) is 1. The molecule has 6 nitrogen and oxygen atoms in total. The van der Waals surface area contributed by atoms with Crippen molar-refractivity contribution in [1.82, 2.24) is 14.7 Å². The van der Waals surface area contributed by atoms with Crippen molar-refractivity contribution in [1.29, 1.82) is 0 Å². The normalized spacial score (nSPS) is 12.1. The van der Waals surface area contributed by atoms with Crippen LogP contribution in [0.3, 0.4) is 0 Å². The second kappa shape index (κ2) is 9.52. The molecule has 0 aliphatic heterocycles. The van der Waals surface area contributed by atoms with Crippen molar-refractivity contribution in [3.63, 3.8) is 0 Å². The SMILES string of the molecule is Cc1nc2c(OCc3c(F)cccc3F)cccn2c1C(=O)NCC(N)c1ccc(F)c(F)c1. The summed E-state index contributed by atoms with van der Waals surface area (Å²) in [5.74, 6) is -3.75. The van der Waals surface area contributed by atoms with Crippen LogP contribution in [0.25, 0.3) is 5.65 Å². The van der Waals surface area contributed by atoms with Gasteiger partial charge in [-0.2, -0.15) is 0 Å². The van der Waals surface area contributed by atoms with Crippen molar-refractivity contribution in [2.24, 2.45) is 5.73 Å². The molecule has 3 N–H and O–H groups in total. The molecule has 4 aromatic rings. The molecule has 0 saturated heterocycles. The summed E-state index contributed by atoms with van der Waals surface area (Å²) in [7, 11) is 0. The van der Waals surface area contributed by atoms with Gasteiger partial charge >= 0.3 is 0 Å². The summed E-state index contributed by atoms with van der Waals surface area (Å²) in [4.78, 5) is 17.2. The van der Waals surface area contributed by atoms with Crippen LogP contribution in [0.2, 0.25) is 0 Å². The summed E-state index contributed by atoms with van der Waals surface area (Å²) in [6, 6.07) is 9.22. The highest BCUT2D eigenvalue weighted by atomic mass is 19.2. The van der Waals surface area contributed by atoms with E-state index in [2.05, 4.69) is 10.3 Å². The number of benzene rings is 2. The Balaban J connectivity index is 1.52. The lowest BCUT2D eigenvalue weighted by Crippen LogP contribution is -2.33. The van der Waals surface area contributed by atoms with Crippen LogP contribution in [0.1, 0.15) is 33.4 Å². The summed E-state index contributed by atoms with van der Waals surface area (Å²) in [5.41, 5.74) is 6.97. The van der Waals surface area contributed by atoms with Gasteiger partial charge in [-0.25, -0.2) is 22.5 Å². The zero-order valence-corrected chi connectivity index (χ0v) is 18.0. The highest BCUT2D eigenvalue weighted by Crippen LogP contribution is 2.24. The maximum Gasteiger partial charge on any atom is 0.270 e. The number of rotatable bonds is 7. The third kappa shape index (κ3) is 4.58. The number of nitrogens with zero attached hydrogens (tertiary/aromatic N) is 2. The largest absolute Gasteiger partial charge is 0.485 e. The van der Waals surface area contributed by atoms with Crippen molar-refractivity contribution >= 4 is 11.6 Å². The van der Waals surface area contributed by atoms with Gasteiger partial charge in [0.15, 0.2) is 23.0 Å². The van der Waals surface area contributed by atoms with E-state index in [1.165, 1.54) is 16.5 Å². The van der Waals surface area contributed by atoms with Crippen LogP contribution >= 0.6 is 0 Å². The maximum atomic E-state index is 13.9. The van der Waals surface area contributed by atoms with Crippen LogP contribution in [0.4, 0.5) is 17.6 Å². The van der Waals surface area contributed by atoms with Crippen molar-refractivity contribution in [3.8, 4) is 5.75 Å². The van der Waals surface area contributed by atoms with Crippen LogP contribution < -0.4 is 15.8 Å². The van der Waals surface area contributed by atoms with E-state index in [-0.39, 0.29) is 35.8 Å². The van der Waals surface area contributed by atoms with Crippen LogP contribution in [0.15, 0.2) is 54.7 Å². The molecule has 0 aliphatic rings. The average Bonchev–Trinajstić information content (AvgIpc) is 3.15. The van der Waals surface area contributed by atoms with Crippen molar-refractivity contribution < 1.29 is 27.1 Å². The minimum absolute atomic E-state index is 0.0423. The molecule has 1 amide bonds. The van der Waals surface area contributed by atoms with Gasteiger partial charge in [0.25, 0.3) is 5.91 Å². The number of carbonyl (C=O) groups is 1. The Morgan fingerprint density at radius 1 is 1.06 bits per heavy atom. The zero-order chi connectivity index (χ0) is 24.4. The molecule has 0 saturated carbocycles. The van der Waals surface area contributed by atoms with Crippen LogP contribution in [-0.4, -0.2) is 21.8 Å². The zero-order valence-electron chi connectivity index (χ0n) is 18.0. The Kier molecular flexibility index (Phi) is 6.51. The summed E-state index contributed by atoms with van der Waals surface area (Å²) >= 11 is 0. The van der Waals surface area contributed by atoms with Gasteiger partial charge in [-0.1, -0.05) is 12.1 Å². The number of pyridine rings is 1. The van der Waals surface area contributed by atoms with Crippen LogP contribution in [-0.2, 0) is 6.61 Å². The smallest absolute Gasteiger partial charge is 0.270 e. The summed E-state index contributed by atoms with van der Waals surface area (Å²) in [5, 5.41) is 2.66. The van der Waals surface area contributed by atoms with Crippen molar-refractivity contribution in [2.45, 2.75) is 19.6 Å². The van der Waals surface area contributed by atoms with Gasteiger partial charge in [0.1, 0.15) is 23.9 Å². The van der Waals surface area contributed by atoms with E-state index in [9.17, 15) is 22.4 Å². The van der Waals surface area contributed by atoms with Gasteiger partial charge in [0.2, 0.25) is 0 Å². The molecule has 1 unspecified atom stereocenters. The van der Waals surface area contributed by atoms with Gasteiger partial charge in [-0.05, 0) is 48.9 Å². The van der Waals surface area contributed by atoms with E-state index in [0.717, 1.165) is 24.3 Å². The lowest BCUT2D eigenvalue weighted by atomic mass is 10.1. The monoisotopic (exact) mass is 472 g/mol. The highest BCUT2D eigenvalue weighted by Gasteiger charge is 2.20. The first-order valence-electron chi connectivity index (χ1n) is 10.3. The Morgan fingerprint density at radius 3 is 2.50 bits per heavy atom. The quantitative estimate of drug-likeness (QED) is 0.395. The molecule has 2 heterocycles. The van der Waals surface area contributed by atoms with E-state index < -0.39 is 35.2 Å². The fourth-order valence-corrected chi connectivity index (χ4v) is 3.51. The molecule has 0 bridgehead atoms. The number of hydrogen-bond donors (Lipinski definition) is 2. The molecular formula is C24H20F4N4O2. The third-order valence-corrected chi connectivity index (χ3v) is 5.29. The van der Waals surface area contributed by atoms with Gasteiger partial charge in [-0.3, -0.25) is 9.20 Å². The standard InChI is InChI=1S/C24H20F4N4O2/c1-13-22(24(33)30-11-20(29)14-7-8-18(27)19(28)10-14)32-9-3-6-21(23(32)31-13)34-12-15-16(25)4-2-5-17(15)26/h2-10,20H,11-12,29H2,1H3,(H,30,33). The second-order valence-electron chi connectivity index (χ2n) is 7.59. The van der Waals surface area contributed by atoms with E-state index in [0.29, 0.717) is 11.3 Å². The first-order valence-corrected chi connectivity index (χ1v) is 10.3. The molecule has 4 rings (SSSR count). The molecule has 2 aromatic heterocycles. The minimum atomic E-state index is -1.03. The van der Waals surface area contributed by atoms with E-state index in [1.54, 1.807) is 25.3 Å². The third-order valence-electron chi connectivity index (χ3n) is 5.29. The Hall–Kier alpha value is -3.92. The number of hydrogen-bond acceptors (Lipinski definition) is 4. The fraction of sp³-hybridized carbons (Fsp3) is 0.167. The molecule has 1 atom stereocenters. The molecule has 2 aromatic carbocycles. The minimum Gasteiger partial charge on any atom is -0.485 e. The molecule has 0 aliphatic carbocycles. The number of halogens is 4. The van der Waals surface area contributed by atoms with Crippen LogP contribution in [0, 0.1) is 30.2 Å². The first kappa shape index (κ1) is 23.2. The average molecular weight is 472 g/mol. The number of amides is 1. The Labute approximate surface area is 192 Å². The first-order chi connectivity index (χ1) is 16.3. The maximum absolute atomic E-state index is 13.9. The topological polar surface area (TPSA) is 81.7 Å². The molecular weight excluding hydrogens is 452 g/mol. The Morgan fingerprint density at radius 2 is 1.79 bits per heavy atom. The van der Waals surface area contributed by atoms with Gasteiger partial charge in [0.05, 0.1) is 11.3 Å². The summed E-state index contributed by atoms with van der Waals surface area (Å²) < 4.78 is 61.5. The number of aryl methyl sites for hydroxylation is 1. The van der Waals surface area contributed by atoms with Crippen LogP contribution in [0.5, 0.6) is 5.75 Å². The Bertz CT molecular complexity index is 1350. The van der Waals surface area contributed by atoms with E-state index in [1.807, 2.05) is 0 Å². The number of imidazole rings is 1. The second-order valence-corrected chi connectivity index (χ2v) is 7.59. The number of fused-ring (bicyclic) bond motifs is 1. The summed E-state index contributed by atoms with van der Waals surface area (Å²) in [6.07, 6.45) is 1.59. The lowest BCUT2D eigenvalue weighted by molar-refractivity contribution is 0.0944. The van der Waals surface area contributed by atoms with Crippen molar-refractivity contribution in [3.05, 3.63) is 101 Å². The molecule has 176 valence electrons. The number of aromatic nitrogens is 2. The van der Waals surface area contributed by atoms with Crippen molar-refractivity contribution in [2.75, 3.05) is 6.54 Å². The number of nitrogens with two attached hydrogens (primary N) is 1. The lowest BCUT2D eigenvalue weighted by Gasteiger charge is -2.14. The number of nitrogens with one attached hydrogen (secondary N) is 1. The van der Waals surface area contributed by atoms with Gasteiger partial charge in [-0.15, -0.1) is 0 Å². The summed E-state index contributed by atoms with van der Waals surface area (Å²) in [6.45, 7) is 1.21.